The summed E-state index contributed by atoms with van der Waals surface area (Å²) in [6.45, 7) is 3.68. The average molecular weight is 368 g/mol. The van der Waals surface area contributed by atoms with Crippen LogP contribution in [-0.2, 0) is 0 Å². The van der Waals surface area contributed by atoms with Crippen molar-refractivity contribution in [2.24, 2.45) is 0 Å². The van der Waals surface area contributed by atoms with Crippen molar-refractivity contribution in [3.63, 3.8) is 0 Å². The lowest BCUT2D eigenvalue weighted by molar-refractivity contribution is 0.243. The summed E-state index contributed by atoms with van der Waals surface area (Å²) in [5.41, 5.74) is 0.532. The van der Waals surface area contributed by atoms with Gasteiger partial charge in [0.15, 0.2) is 11.3 Å². The summed E-state index contributed by atoms with van der Waals surface area (Å²) in [4.78, 5) is 13.2. The lowest BCUT2D eigenvalue weighted by Crippen LogP contribution is -2.22. The highest BCUT2D eigenvalue weighted by Gasteiger charge is 2.33. The highest BCUT2D eigenvalue weighted by atomic mass is 16.5. The quantitative estimate of drug-likeness (QED) is 0.294. The summed E-state index contributed by atoms with van der Waals surface area (Å²) in [6, 6.07) is 5.22. The predicted molar refractivity (Wildman–Crippen MR) is 97.4 cm³/mol. The van der Waals surface area contributed by atoms with Crippen LogP contribution in [0, 0.1) is 0 Å². The third kappa shape index (κ3) is 2.47. The Morgan fingerprint density at radius 2 is 1.81 bits per heavy atom. The molecule has 1 aliphatic rings. The summed E-state index contributed by atoms with van der Waals surface area (Å²) in [5, 5.41) is 39.5. The fourth-order valence-electron chi connectivity index (χ4n) is 3.21. The summed E-state index contributed by atoms with van der Waals surface area (Å²) < 4.78 is 11.7. The van der Waals surface area contributed by atoms with Crippen molar-refractivity contribution >= 4 is 11.0 Å². The molecule has 0 saturated heterocycles. The monoisotopic (exact) mass is 368 g/mol. The smallest absolute Gasteiger partial charge is 0.204 e. The van der Waals surface area contributed by atoms with E-state index in [0.717, 1.165) is 11.6 Å². The second-order valence-corrected chi connectivity index (χ2v) is 6.60. The number of rotatable bonds is 1. The molecule has 7 heteroatoms. The minimum atomic E-state index is -0.810. The SMILES string of the molecule is CC(C)=CC1Oc2cc(O)ccc2-c2oc3c(O)c(O)cc(O)c3c(=O)c21. The Balaban J connectivity index is 2.18. The molecule has 7 nitrogen and oxygen atoms in total. The van der Waals surface area contributed by atoms with E-state index in [2.05, 4.69) is 0 Å². The van der Waals surface area contributed by atoms with Gasteiger partial charge in [0.1, 0.15) is 34.5 Å². The number of benzene rings is 2. The van der Waals surface area contributed by atoms with E-state index in [4.69, 9.17) is 9.15 Å². The Morgan fingerprint density at radius 3 is 2.52 bits per heavy atom. The number of aromatic hydroxyl groups is 4. The average Bonchev–Trinajstić information content (AvgIpc) is 2.58. The van der Waals surface area contributed by atoms with Gasteiger partial charge in [-0.15, -0.1) is 0 Å². The van der Waals surface area contributed by atoms with E-state index in [1.807, 2.05) is 13.8 Å². The number of ether oxygens (including phenoxy) is 1. The second kappa shape index (κ2) is 5.70. The van der Waals surface area contributed by atoms with Gasteiger partial charge in [-0.1, -0.05) is 5.57 Å². The fourth-order valence-corrected chi connectivity index (χ4v) is 3.21. The van der Waals surface area contributed by atoms with Gasteiger partial charge in [0.25, 0.3) is 0 Å². The maximum Gasteiger partial charge on any atom is 0.204 e. The van der Waals surface area contributed by atoms with Gasteiger partial charge in [0, 0.05) is 12.1 Å². The fraction of sp³-hybridized carbons (Fsp3) is 0.150. The largest absolute Gasteiger partial charge is 0.508 e. The molecule has 27 heavy (non-hydrogen) atoms. The molecule has 0 bridgehead atoms. The summed E-state index contributed by atoms with van der Waals surface area (Å²) in [5.74, 6) is -1.35. The van der Waals surface area contributed by atoms with E-state index in [1.165, 1.54) is 18.2 Å². The van der Waals surface area contributed by atoms with Gasteiger partial charge in [-0.05, 0) is 32.1 Å². The first kappa shape index (κ1) is 16.8. The van der Waals surface area contributed by atoms with Crippen molar-refractivity contribution in [3.05, 3.63) is 51.7 Å². The maximum atomic E-state index is 13.2. The van der Waals surface area contributed by atoms with Gasteiger partial charge < -0.3 is 29.6 Å². The zero-order valence-corrected chi connectivity index (χ0v) is 14.5. The topological polar surface area (TPSA) is 120 Å². The Labute approximate surface area is 153 Å². The van der Waals surface area contributed by atoms with Crippen molar-refractivity contribution < 1.29 is 29.6 Å². The van der Waals surface area contributed by atoms with Crippen LogP contribution < -0.4 is 10.2 Å². The molecular weight excluding hydrogens is 352 g/mol. The van der Waals surface area contributed by atoms with E-state index >= 15 is 0 Å². The van der Waals surface area contributed by atoms with E-state index in [1.54, 1.807) is 6.08 Å². The van der Waals surface area contributed by atoms with Crippen molar-refractivity contribution in [2.75, 3.05) is 0 Å². The first-order valence-electron chi connectivity index (χ1n) is 8.17. The van der Waals surface area contributed by atoms with Crippen LogP contribution in [0.5, 0.6) is 28.7 Å². The molecule has 2 heterocycles. The Hall–Kier alpha value is -3.61. The van der Waals surface area contributed by atoms with Crippen molar-refractivity contribution in [2.45, 2.75) is 20.0 Å². The zero-order chi connectivity index (χ0) is 19.5. The lowest BCUT2D eigenvalue weighted by Gasteiger charge is -2.26. The van der Waals surface area contributed by atoms with E-state index in [9.17, 15) is 25.2 Å². The molecule has 0 saturated carbocycles. The predicted octanol–water partition coefficient (Wildman–Crippen LogP) is 3.68. The summed E-state index contributed by atoms with van der Waals surface area (Å²) in [6.07, 6.45) is 0.904. The molecule has 0 fully saturated rings. The molecule has 1 unspecified atom stereocenters. The van der Waals surface area contributed by atoms with Crippen molar-refractivity contribution in [1.82, 2.24) is 0 Å². The number of allylic oxidation sites excluding steroid dienone is 1. The molecule has 4 N–H and O–H groups in total. The number of hydrogen-bond acceptors (Lipinski definition) is 7. The van der Waals surface area contributed by atoms with Gasteiger partial charge in [-0.2, -0.15) is 0 Å². The Bertz CT molecular complexity index is 1180. The maximum absolute atomic E-state index is 13.2. The summed E-state index contributed by atoms with van der Waals surface area (Å²) >= 11 is 0. The van der Waals surface area contributed by atoms with E-state index < -0.39 is 28.8 Å². The molecule has 1 aromatic heterocycles. The number of hydrogen-bond donors (Lipinski definition) is 4. The van der Waals surface area contributed by atoms with Crippen LogP contribution >= 0.6 is 0 Å². The standard InChI is InChI=1S/C20H16O7/c1-8(2)5-14-16-18(25)15-11(22)7-12(23)17(24)20(15)27-19(16)10-4-3-9(21)6-13(10)26-14/h3-7,14,21-24H,1-2H3. The highest BCUT2D eigenvalue weighted by molar-refractivity contribution is 5.93. The van der Waals surface area contributed by atoms with Gasteiger partial charge in [0.2, 0.25) is 11.2 Å². The molecule has 2 aromatic carbocycles. The van der Waals surface area contributed by atoms with Crippen LogP contribution in [-0.4, -0.2) is 20.4 Å². The number of fused-ring (bicyclic) bond motifs is 4. The van der Waals surface area contributed by atoms with Gasteiger partial charge in [-0.3, -0.25) is 4.79 Å². The molecule has 138 valence electrons. The Kier molecular flexibility index (Phi) is 3.56. The zero-order valence-electron chi connectivity index (χ0n) is 14.5. The van der Waals surface area contributed by atoms with Gasteiger partial charge in [-0.25, -0.2) is 0 Å². The molecule has 0 aliphatic carbocycles. The third-order valence-electron chi connectivity index (χ3n) is 4.37. The highest BCUT2D eigenvalue weighted by Crippen LogP contribution is 2.47. The van der Waals surface area contributed by atoms with Crippen LogP contribution in [0.25, 0.3) is 22.3 Å². The number of phenols is 4. The first-order chi connectivity index (χ1) is 12.8. The Morgan fingerprint density at radius 1 is 1.07 bits per heavy atom. The van der Waals surface area contributed by atoms with Crippen LogP contribution in [0.2, 0.25) is 0 Å². The van der Waals surface area contributed by atoms with E-state index in [-0.39, 0.29) is 28.0 Å². The molecule has 0 amide bonds. The lowest BCUT2D eigenvalue weighted by atomic mass is 9.95. The molecule has 0 radical (unpaired) electrons. The molecule has 3 aromatic rings. The molecule has 1 aliphatic heterocycles. The van der Waals surface area contributed by atoms with E-state index in [0.29, 0.717) is 11.3 Å². The summed E-state index contributed by atoms with van der Waals surface area (Å²) in [7, 11) is 0. The van der Waals surface area contributed by atoms with Crippen LogP contribution in [0.4, 0.5) is 0 Å². The normalized spacial score (nSPS) is 15.0. The number of phenolic OH excluding ortho intramolecular Hbond substituents is 4. The molecule has 1 atom stereocenters. The van der Waals surface area contributed by atoms with Crippen molar-refractivity contribution in [1.29, 1.82) is 0 Å². The molecular formula is C20H16O7. The minimum absolute atomic E-state index is 0.0191. The van der Waals surface area contributed by atoms with Crippen LogP contribution in [0.1, 0.15) is 25.5 Å². The minimum Gasteiger partial charge on any atom is -0.508 e. The van der Waals surface area contributed by atoms with Crippen molar-refractivity contribution in [3.8, 4) is 40.1 Å². The first-order valence-corrected chi connectivity index (χ1v) is 8.17. The van der Waals surface area contributed by atoms with Gasteiger partial charge >= 0.3 is 0 Å². The van der Waals surface area contributed by atoms with Crippen LogP contribution in [0.3, 0.4) is 0 Å². The van der Waals surface area contributed by atoms with Gasteiger partial charge in [0.05, 0.1) is 11.1 Å². The second-order valence-electron chi connectivity index (χ2n) is 6.60. The molecule has 0 spiro atoms. The molecule has 4 rings (SSSR count). The van der Waals surface area contributed by atoms with Crippen LogP contribution in [0.15, 0.2) is 45.1 Å². The third-order valence-corrected chi connectivity index (χ3v) is 4.37.